The van der Waals surface area contributed by atoms with Gasteiger partial charge in [0.25, 0.3) is 0 Å². The number of benzene rings is 1. The van der Waals surface area contributed by atoms with Crippen molar-refractivity contribution >= 4 is 23.4 Å². The number of alkyl carbamates (subject to hydrolysis) is 1. The van der Waals surface area contributed by atoms with Crippen LogP contribution in [0.2, 0.25) is 0 Å². The fourth-order valence-electron chi connectivity index (χ4n) is 2.58. The minimum Gasteiger partial charge on any atom is -0.464 e. The van der Waals surface area contributed by atoms with Crippen LogP contribution in [0.3, 0.4) is 0 Å². The quantitative estimate of drug-likeness (QED) is 0.642. The van der Waals surface area contributed by atoms with E-state index in [-0.39, 0.29) is 13.2 Å². The number of hydrogen-bond acceptors (Lipinski definition) is 7. The maximum Gasteiger partial charge on any atom is 0.408 e. The Hall–Kier alpha value is -2.45. The number of aryl methyl sites for hydroxylation is 1. The number of aromatic nitrogens is 1. The molecule has 0 radical (unpaired) electrons. The van der Waals surface area contributed by atoms with Crippen LogP contribution in [-0.4, -0.2) is 42.5 Å². The fourth-order valence-corrected chi connectivity index (χ4v) is 3.39. The molecule has 2 aromatic rings. The van der Waals surface area contributed by atoms with Crippen LogP contribution in [0, 0.1) is 6.92 Å². The number of nitrogens with one attached hydrogen (secondary N) is 1. The van der Waals surface area contributed by atoms with Gasteiger partial charge in [-0.15, -0.1) is 11.3 Å². The zero-order chi connectivity index (χ0) is 21.4. The molecule has 29 heavy (non-hydrogen) atoms. The van der Waals surface area contributed by atoms with E-state index in [9.17, 15) is 9.59 Å². The second-order valence-electron chi connectivity index (χ2n) is 7.41. The summed E-state index contributed by atoms with van der Waals surface area (Å²) in [5.74, 6) is -0.445. The average molecular weight is 421 g/mol. The molecule has 0 saturated heterocycles. The van der Waals surface area contributed by atoms with Crippen molar-refractivity contribution in [3.63, 3.8) is 0 Å². The number of ether oxygens (including phenoxy) is 3. The Kier molecular flexibility index (Phi) is 8.16. The lowest BCUT2D eigenvalue weighted by Crippen LogP contribution is -2.37. The minimum absolute atomic E-state index is 0.108. The molecule has 1 heterocycles. The Labute approximate surface area is 175 Å². The van der Waals surface area contributed by atoms with Crippen LogP contribution in [0.1, 0.15) is 45.0 Å². The van der Waals surface area contributed by atoms with Crippen LogP contribution in [0.5, 0.6) is 0 Å². The largest absolute Gasteiger partial charge is 0.464 e. The molecule has 1 aromatic heterocycles. The van der Waals surface area contributed by atoms with Gasteiger partial charge in [-0.1, -0.05) is 24.3 Å². The van der Waals surface area contributed by atoms with Gasteiger partial charge in [0.15, 0.2) is 0 Å². The number of esters is 1. The molecule has 2 rings (SSSR count). The van der Waals surface area contributed by atoms with E-state index in [4.69, 9.17) is 14.2 Å². The van der Waals surface area contributed by atoms with Crippen molar-refractivity contribution in [2.75, 3.05) is 19.8 Å². The van der Waals surface area contributed by atoms with Crippen LogP contribution >= 0.6 is 11.3 Å². The molecule has 0 aliphatic heterocycles. The third kappa shape index (κ3) is 7.47. The van der Waals surface area contributed by atoms with Crippen molar-refractivity contribution < 1.29 is 23.8 Å². The smallest absolute Gasteiger partial charge is 0.408 e. The summed E-state index contributed by atoms with van der Waals surface area (Å²) in [6.45, 7) is 9.31. The molecule has 0 saturated carbocycles. The van der Waals surface area contributed by atoms with E-state index in [1.807, 2.05) is 36.7 Å². The van der Waals surface area contributed by atoms with E-state index in [0.29, 0.717) is 6.61 Å². The Morgan fingerprint density at radius 1 is 1.21 bits per heavy atom. The van der Waals surface area contributed by atoms with E-state index < -0.39 is 23.7 Å². The summed E-state index contributed by atoms with van der Waals surface area (Å²) in [7, 11) is 0. The van der Waals surface area contributed by atoms with Gasteiger partial charge >= 0.3 is 12.1 Å². The first-order chi connectivity index (χ1) is 13.7. The van der Waals surface area contributed by atoms with Gasteiger partial charge in [-0.2, -0.15) is 0 Å². The standard InChI is InChI=1S/C21H28N2O5S/c1-6-27-18(24)12-26-11-17(23-20(25)28-21(3,4)5)15-7-9-16(10-8-15)19-14(2)22-13-29-19/h7-10,13,17H,6,11-12H2,1-5H3,(H,23,25). The van der Waals surface area contributed by atoms with Gasteiger partial charge in [-0.25, -0.2) is 14.6 Å². The molecule has 1 amide bonds. The van der Waals surface area contributed by atoms with E-state index in [0.717, 1.165) is 21.7 Å². The Bertz CT molecular complexity index is 811. The lowest BCUT2D eigenvalue weighted by Gasteiger charge is -2.24. The molecule has 0 aliphatic rings. The van der Waals surface area contributed by atoms with Crippen molar-refractivity contribution in [1.29, 1.82) is 0 Å². The van der Waals surface area contributed by atoms with Crippen LogP contribution in [0.4, 0.5) is 4.79 Å². The first-order valence-corrected chi connectivity index (χ1v) is 10.3. The molecule has 0 bridgehead atoms. The number of thiazole rings is 1. The maximum atomic E-state index is 12.3. The summed E-state index contributed by atoms with van der Waals surface area (Å²) in [5.41, 5.74) is 4.06. The van der Waals surface area contributed by atoms with Crippen LogP contribution < -0.4 is 5.32 Å². The molecule has 7 nitrogen and oxygen atoms in total. The second kappa shape index (κ2) is 10.4. The number of hydrogen-bond donors (Lipinski definition) is 1. The van der Waals surface area contributed by atoms with Gasteiger partial charge < -0.3 is 19.5 Å². The van der Waals surface area contributed by atoms with Crippen LogP contribution in [0.25, 0.3) is 10.4 Å². The van der Waals surface area contributed by atoms with Crippen molar-refractivity contribution in [2.24, 2.45) is 0 Å². The third-order valence-electron chi connectivity index (χ3n) is 3.82. The third-order valence-corrected chi connectivity index (χ3v) is 4.80. The van der Waals surface area contributed by atoms with Crippen LogP contribution in [-0.2, 0) is 19.0 Å². The zero-order valence-corrected chi connectivity index (χ0v) is 18.3. The fraction of sp³-hybridized carbons (Fsp3) is 0.476. The number of carbonyl (C=O) groups is 2. The van der Waals surface area contributed by atoms with Gasteiger partial charge in [0, 0.05) is 0 Å². The van der Waals surface area contributed by atoms with Gasteiger partial charge in [-0.3, -0.25) is 0 Å². The highest BCUT2D eigenvalue weighted by Gasteiger charge is 2.21. The van der Waals surface area contributed by atoms with Gasteiger partial charge in [0.1, 0.15) is 12.2 Å². The van der Waals surface area contributed by atoms with Crippen molar-refractivity contribution in [1.82, 2.24) is 10.3 Å². The molecule has 158 valence electrons. The summed E-state index contributed by atoms with van der Waals surface area (Å²) in [4.78, 5) is 29.1. The Balaban J connectivity index is 2.11. The molecule has 1 N–H and O–H groups in total. The molecule has 1 aromatic carbocycles. The van der Waals surface area contributed by atoms with Crippen LogP contribution in [0.15, 0.2) is 29.8 Å². The molecule has 0 spiro atoms. The van der Waals surface area contributed by atoms with Crippen molar-refractivity contribution in [3.8, 4) is 10.4 Å². The topological polar surface area (TPSA) is 86.8 Å². The van der Waals surface area contributed by atoms with Crippen molar-refractivity contribution in [3.05, 3.63) is 41.0 Å². The van der Waals surface area contributed by atoms with E-state index in [2.05, 4.69) is 10.3 Å². The zero-order valence-electron chi connectivity index (χ0n) is 17.5. The highest BCUT2D eigenvalue weighted by molar-refractivity contribution is 7.13. The van der Waals surface area contributed by atoms with Crippen molar-refractivity contribution in [2.45, 2.75) is 46.3 Å². The molecular weight excluding hydrogens is 392 g/mol. The summed E-state index contributed by atoms with van der Waals surface area (Å²) < 4.78 is 15.7. The summed E-state index contributed by atoms with van der Waals surface area (Å²) >= 11 is 1.58. The predicted octanol–water partition coefficient (Wildman–Crippen LogP) is 4.26. The minimum atomic E-state index is -0.617. The SMILES string of the molecule is CCOC(=O)COCC(NC(=O)OC(C)(C)C)c1ccc(-c2scnc2C)cc1. The Morgan fingerprint density at radius 3 is 2.45 bits per heavy atom. The number of amides is 1. The van der Waals surface area contributed by atoms with E-state index in [1.165, 1.54) is 0 Å². The first kappa shape index (κ1) is 22.8. The van der Waals surface area contributed by atoms with Gasteiger partial charge in [0.05, 0.1) is 35.3 Å². The summed E-state index contributed by atoms with van der Waals surface area (Å²) in [6.07, 6.45) is -0.551. The second-order valence-corrected chi connectivity index (χ2v) is 8.26. The highest BCUT2D eigenvalue weighted by Crippen LogP contribution is 2.28. The number of rotatable bonds is 8. The first-order valence-electron chi connectivity index (χ1n) is 9.43. The van der Waals surface area contributed by atoms with E-state index >= 15 is 0 Å². The van der Waals surface area contributed by atoms with Gasteiger partial charge in [0.2, 0.25) is 0 Å². The molecule has 1 unspecified atom stereocenters. The summed E-state index contributed by atoms with van der Waals surface area (Å²) in [6, 6.07) is 7.32. The van der Waals surface area contributed by atoms with Gasteiger partial charge in [-0.05, 0) is 45.7 Å². The summed E-state index contributed by atoms with van der Waals surface area (Å²) in [5, 5.41) is 2.81. The molecule has 8 heteroatoms. The highest BCUT2D eigenvalue weighted by atomic mass is 32.1. The maximum absolute atomic E-state index is 12.3. The number of nitrogens with zero attached hydrogens (tertiary/aromatic N) is 1. The lowest BCUT2D eigenvalue weighted by molar-refractivity contribution is -0.148. The predicted molar refractivity (Wildman–Crippen MR) is 112 cm³/mol. The Morgan fingerprint density at radius 2 is 1.90 bits per heavy atom. The molecule has 0 aliphatic carbocycles. The monoisotopic (exact) mass is 420 g/mol. The lowest BCUT2D eigenvalue weighted by atomic mass is 10.0. The molecule has 0 fully saturated rings. The number of carbonyl (C=O) groups excluding carboxylic acids is 2. The molecule has 1 atom stereocenters. The molecular formula is C21H28N2O5S. The van der Waals surface area contributed by atoms with E-state index in [1.54, 1.807) is 39.0 Å². The average Bonchev–Trinajstić information content (AvgIpc) is 3.06. The normalized spacial score (nSPS) is 12.3.